The van der Waals surface area contributed by atoms with E-state index in [1.54, 1.807) is 0 Å². The molecule has 21 heavy (non-hydrogen) atoms. The van der Waals surface area contributed by atoms with Crippen molar-refractivity contribution in [2.24, 2.45) is 0 Å². The minimum absolute atomic E-state index is 0.232. The third kappa shape index (κ3) is 3.16. The first-order chi connectivity index (χ1) is 10.2. The van der Waals surface area contributed by atoms with Gasteiger partial charge in [-0.2, -0.15) is 0 Å². The highest BCUT2D eigenvalue weighted by Crippen LogP contribution is 2.35. The van der Waals surface area contributed by atoms with E-state index in [2.05, 4.69) is 0 Å². The van der Waals surface area contributed by atoms with E-state index in [1.807, 2.05) is 48.5 Å². The molecule has 1 atom stereocenters. The number of carbonyl (C=O) groups is 1. The van der Waals surface area contributed by atoms with Gasteiger partial charge in [-0.25, -0.2) is 0 Å². The highest BCUT2D eigenvalue weighted by Gasteiger charge is 2.20. The van der Waals surface area contributed by atoms with Crippen molar-refractivity contribution in [1.82, 2.24) is 0 Å². The summed E-state index contributed by atoms with van der Waals surface area (Å²) in [6.07, 6.45) is 0.291. The maximum absolute atomic E-state index is 11.4. The molecule has 1 unspecified atom stereocenters. The van der Waals surface area contributed by atoms with E-state index >= 15 is 0 Å². The predicted octanol–water partition coefficient (Wildman–Crippen LogP) is 3.26. The van der Waals surface area contributed by atoms with Gasteiger partial charge in [0.15, 0.2) is 11.5 Å². The van der Waals surface area contributed by atoms with Crippen LogP contribution in [0.3, 0.4) is 0 Å². The monoisotopic (exact) mass is 284 g/mol. The van der Waals surface area contributed by atoms with Crippen molar-refractivity contribution in [2.45, 2.75) is 19.4 Å². The van der Waals surface area contributed by atoms with E-state index in [0.29, 0.717) is 12.2 Å². The lowest BCUT2D eigenvalue weighted by Gasteiger charge is -2.18. The molecule has 1 heterocycles. The summed E-state index contributed by atoms with van der Waals surface area (Å²) >= 11 is 0. The van der Waals surface area contributed by atoms with Crippen LogP contribution >= 0.6 is 0 Å². The van der Waals surface area contributed by atoms with Crippen LogP contribution in [0.15, 0.2) is 48.5 Å². The highest BCUT2D eigenvalue weighted by atomic mass is 16.7. The maximum atomic E-state index is 11.4. The number of carbonyl (C=O) groups excluding carboxylic acids is 1. The Kier molecular flexibility index (Phi) is 3.77. The lowest BCUT2D eigenvalue weighted by Crippen LogP contribution is -2.11. The van der Waals surface area contributed by atoms with Gasteiger partial charge in [0.05, 0.1) is 0 Å². The second-order valence-electron chi connectivity index (χ2n) is 4.90. The fraction of sp³-hybridized carbons (Fsp3) is 0.235. The van der Waals surface area contributed by atoms with Crippen LogP contribution in [0.2, 0.25) is 0 Å². The zero-order chi connectivity index (χ0) is 14.7. The number of ether oxygens (including phenoxy) is 3. The van der Waals surface area contributed by atoms with Gasteiger partial charge in [-0.3, -0.25) is 4.79 Å². The second kappa shape index (κ2) is 5.87. The number of hydrogen-bond donors (Lipinski definition) is 0. The van der Waals surface area contributed by atoms with Crippen LogP contribution in [0.25, 0.3) is 0 Å². The van der Waals surface area contributed by atoms with Gasteiger partial charge < -0.3 is 14.2 Å². The number of esters is 1. The lowest BCUT2D eigenvalue weighted by molar-refractivity contribution is -0.146. The van der Waals surface area contributed by atoms with Gasteiger partial charge >= 0.3 is 5.97 Å². The largest absolute Gasteiger partial charge is 0.457 e. The van der Waals surface area contributed by atoms with Crippen molar-refractivity contribution < 1.29 is 19.0 Å². The summed E-state index contributed by atoms with van der Waals surface area (Å²) < 4.78 is 16.1. The Morgan fingerprint density at radius 2 is 1.90 bits per heavy atom. The SMILES string of the molecule is CC(=O)OC(Cc1ccccc1)c1ccc2c(c1)OCO2. The van der Waals surface area contributed by atoms with E-state index in [-0.39, 0.29) is 18.9 Å². The van der Waals surface area contributed by atoms with Crippen LogP contribution in [0.1, 0.15) is 24.2 Å². The molecule has 4 heteroatoms. The molecular weight excluding hydrogens is 268 g/mol. The smallest absolute Gasteiger partial charge is 0.303 e. The van der Waals surface area contributed by atoms with Crippen LogP contribution in [-0.2, 0) is 16.0 Å². The van der Waals surface area contributed by atoms with Crippen LogP contribution in [0.5, 0.6) is 11.5 Å². The fourth-order valence-corrected chi connectivity index (χ4v) is 2.37. The van der Waals surface area contributed by atoms with Crippen molar-refractivity contribution in [1.29, 1.82) is 0 Å². The minimum atomic E-state index is -0.334. The molecule has 4 nitrogen and oxygen atoms in total. The number of rotatable bonds is 4. The fourth-order valence-electron chi connectivity index (χ4n) is 2.37. The Morgan fingerprint density at radius 1 is 1.14 bits per heavy atom. The molecule has 3 rings (SSSR count). The van der Waals surface area contributed by atoms with Crippen molar-refractivity contribution in [3.8, 4) is 11.5 Å². The summed E-state index contributed by atoms with van der Waals surface area (Å²) in [5.74, 6) is 1.12. The Bertz CT molecular complexity index is 636. The Hall–Kier alpha value is -2.49. The van der Waals surface area contributed by atoms with Gasteiger partial charge in [0.25, 0.3) is 0 Å². The van der Waals surface area contributed by atoms with Gasteiger partial charge in [0, 0.05) is 13.3 Å². The molecule has 0 N–H and O–H groups in total. The van der Waals surface area contributed by atoms with E-state index in [1.165, 1.54) is 6.92 Å². The van der Waals surface area contributed by atoms with Crippen molar-refractivity contribution >= 4 is 5.97 Å². The topological polar surface area (TPSA) is 44.8 Å². The quantitative estimate of drug-likeness (QED) is 0.808. The normalized spacial score (nSPS) is 13.8. The average molecular weight is 284 g/mol. The van der Waals surface area contributed by atoms with E-state index in [9.17, 15) is 4.79 Å². The first-order valence-corrected chi connectivity index (χ1v) is 6.83. The molecule has 0 aromatic heterocycles. The third-order valence-corrected chi connectivity index (χ3v) is 3.34. The molecule has 0 bridgehead atoms. The number of fused-ring (bicyclic) bond motifs is 1. The van der Waals surface area contributed by atoms with Gasteiger partial charge in [-0.1, -0.05) is 36.4 Å². The van der Waals surface area contributed by atoms with E-state index in [0.717, 1.165) is 16.9 Å². The molecule has 0 amide bonds. The van der Waals surface area contributed by atoms with E-state index < -0.39 is 0 Å². The zero-order valence-corrected chi connectivity index (χ0v) is 11.7. The van der Waals surface area contributed by atoms with Crippen LogP contribution in [0.4, 0.5) is 0 Å². The second-order valence-corrected chi connectivity index (χ2v) is 4.90. The molecule has 2 aromatic carbocycles. The predicted molar refractivity (Wildman–Crippen MR) is 77.2 cm³/mol. The Balaban J connectivity index is 1.86. The summed E-state index contributed by atoms with van der Waals surface area (Å²) in [6.45, 7) is 1.65. The van der Waals surface area contributed by atoms with Gasteiger partial charge in [0.1, 0.15) is 6.10 Å². The Labute approximate surface area is 123 Å². The van der Waals surface area contributed by atoms with Crippen molar-refractivity contribution in [3.05, 3.63) is 59.7 Å². The Morgan fingerprint density at radius 3 is 2.67 bits per heavy atom. The van der Waals surface area contributed by atoms with Crippen LogP contribution in [0, 0.1) is 0 Å². The maximum Gasteiger partial charge on any atom is 0.303 e. The molecule has 1 aliphatic heterocycles. The standard InChI is InChI=1S/C17H16O4/c1-12(18)21-16(9-13-5-3-2-4-6-13)14-7-8-15-17(10-14)20-11-19-15/h2-8,10,16H,9,11H2,1H3. The first kappa shape index (κ1) is 13.5. The van der Waals surface area contributed by atoms with Gasteiger partial charge in [-0.15, -0.1) is 0 Å². The summed E-state index contributed by atoms with van der Waals surface area (Å²) in [4.78, 5) is 11.4. The minimum Gasteiger partial charge on any atom is -0.457 e. The molecule has 0 saturated carbocycles. The molecule has 2 aromatic rings. The highest BCUT2D eigenvalue weighted by molar-refractivity contribution is 5.66. The van der Waals surface area contributed by atoms with Gasteiger partial charge in [-0.05, 0) is 23.3 Å². The summed E-state index contributed by atoms with van der Waals surface area (Å²) in [5, 5.41) is 0. The number of benzene rings is 2. The van der Waals surface area contributed by atoms with Gasteiger partial charge in [0.2, 0.25) is 6.79 Å². The summed E-state index contributed by atoms with van der Waals surface area (Å²) in [6, 6.07) is 15.6. The first-order valence-electron chi connectivity index (χ1n) is 6.83. The zero-order valence-electron chi connectivity index (χ0n) is 11.7. The molecule has 108 valence electrons. The van der Waals surface area contributed by atoms with Crippen molar-refractivity contribution in [3.63, 3.8) is 0 Å². The summed E-state index contributed by atoms with van der Waals surface area (Å²) in [5.41, 5.74) is 2.01. The molecule has 0 radical (unpaired) electrons. The average Bonchev–Trinajstić information content (AvgIpc) is 2.94. The summed E-state index contributed by atoms with van der Waals surface area (Å²) in [7, 11) is 0. The molecule has 0 fully saturated rings. The van der Waals surface area contributed by atoms with Crippen molar-refractivity contribution in [2.75, 3.05) is 6.79 Å². The molecule has 0 saturated heterocycles. The number of hydrogen-bond acceptors (Lipinski definition) is 4. The molecule has 0 spiro atoms. The molecule has 1 aliphatic rings. The molecular formula is C17H16O4. The van der Waals surface area contributed by atoms with E-state index in [4.69, 9.17) is 14.2 Å². The lowest BCUT2D eigenvalue weighted by atomic mass is 10.0. The molecule has 0 aliphatic carbocycles. The third-order valence-electron chi connectivity index (χ3n) is 3.34. The van der Waals surface area contributed by atoms with Crippen LogP contribution in [-0.4, -0.2) is 12.8 Å². The van der Waals surface area contributed by atoms with Crippen LogP contribution < -0.4 is 9.47 Å².